The van der Waals surface area contributed by atoms with Crippen molar-refractivity contribution in [2.45, 2.75) is 61.8 Å². The quantitative estimate of drug-likeness (QED) is 0.481. The summed E-state index contributed by atoms with van der Waals surface area (Å²) in [6.07, 6.45) is 9.62. The van der Waals surface area contributed by atoms with Gasteiger partial charge in [0.25, 0.3) is 0 Å². The minimum absolute atomic E-state index is 0.166. The van der Waals surface area contributed by atoms with Gasteiger partial charge in [0.05, 0.1) is 0 Å². The molecule has 31 heavy (non-hydrogen) atoms. The van der Waals surface area contributed by atoms with E-state index in [9.17, 15) is 0 Å². The van der Waals surface area contributed by atoms with Crippen molar-refractivity contribution >= 4 is 17.4 Å². The van der Waals surface area contributed by atoms with Crippen molar-refractivity contribution in [3.05, 3.63) is 71.9 Å². The number of hydrogen-bond donors (Lipinski definition) is 0. The van der Waals surface area contributed by atoms with E-state index in [0.29, 0.717) is 6.04 Å². The summed E-state index contributed by atoms with van der Waals surface area (Å²) in [5.41, 5.74) is 6.02. The van der Waals surface area contributed by atoms with Crippen LogP contribution in [0.1, 0.15) is 50.2 Å². The van der Waals surface area contributed by atoms with Gasteiger partial charge in [-0.15, -0.1) is 11.8 Å². The Morgan fingerprint density at radius 1 is 1.03 bits per heavy atom. The highest BCUT2D eigenvalue weighted by molar-refractivity contribution is 7.98. The SMILES string of the molecule is C=C1N(C2CC(C)C2)c2ccccc2C12CCN(CCCc1ccc(SC)cc1)CC2. The number of anilines is 1. The third kappa shape index (κ3) is 3.85. The number of aryl methyl sites for hydroxylation is 1. The molecule has 2 nitrogen and oxygen atoms in total. The molecule has 1 saturated carbocycles. The molecule has 164 valence electrons. The molecule has 5 rings (SSSR count). The Bertz CT molecular complexity index is 920. The summed E-state index contributed by atoms with van der Waals surface area (Å²) >= 11 is 1.82. The molecule has 1 saturated heterocycles. The van der Waals surface area contributed by atoms with Crippen LogP contribution in [0.5, 0.6) is 0 Å². The van der Waals surface area contributed by atoms with Gasteiger partial charge < -0.3 is 9.80 Å². The molecular weight excluding hydrogens is 396 g/mol. The average Bonchev–Trinajstić information content (AvgIpc) is 3.01. The lowest BCUT2D eigenvalue weighted by Crippen LogP contribution is -2.47. The maximum Gasteiger partial charge on any atom is 0.0453 e. The van der Waals surface area contributed by atoms with Crippen molar-refractivity contribution in [2.24, 2.45) is 5.92 Å². The predicted octanol–water partition coefficient (Wildman–Crippen LogP) is 6.51. The molecule has 0 N–H and O–H groups in total. The van der Waals surface area contributed by atoms with Crippen LogP contribution in [0.4, 0.5) is 5.69 Å². The molecule has 2 aromatic rings. The van der Waals surface area contributed by atoms with Crippen molar-refractivity contribution in [3.63, 3.8) is 0 Å². The molecule has 2 aliphatic heterocycles. The topological polar surface area (TPSA) is 6.48 Å². The molecule has 1 spiro atoms. The third-order valence-corrected chi connectivity index (χ3v) is 8.79. The standard InChI is InChI=1S/C28H36N2S/c1-21-19-24(20-21)30-22(2)28(26-8-4-5-9-27(26)30)14-17-29(18-15-28)16-6-7-23-10-12-25(31-3)13-11-23/h4-5,8-13,21,24H,2,6-7,14-20H2,1,3H3. The van der Waals surface area contributed by atoms with Gasteiger partial charge in [-0.1, -0.05) is 43.8 Å². The molecule has 0 bridgehead atoms. The van der Waals surface area contributed by atoms with Gasteiger partial charge in [-0.25, -0.2) is 0 Å². The van der Waals surface area contributed by atoms with Crippen LogP contribution in [0.15, 0.2) is 65.7 Å². The monoisotopic (exact) mass is 432 g/mol. The Morgan fingerprint density at radius 3 is 2.42 bits per heavy atom. The summed E-state index contributed by atoms with van der Waals surface area (Å²) in [6, 6.07) is 18.9. The Labute approximate surface area is 192 Å². The molecular formula is C28H36N2S. The number of piperidine rings is 1. The lowest BCUT2D eigenvalue weighted by molar-refractivity contribution is 0.175. The predicted molar refractivity (Wildman–Crippen MR) is 134 cm³/mol. The van der Waals surface area contributed by atoms with Gasteiger partial charge in [0.15, 0.2) is 0 Å². The summed E-state index contributed by atoms with van der Waals surface area (Å²) in [5, 5.41) is 0. The van der Waals surface area contributed by atoms with Crippen molar-refractivity contribution in [1.29, 1.82) is 0 Å². The van der Waals surface area contributed by atoms with Crippen LogP contribution >= 0.6 is 11.8 Å². The highest BCUT2D eigenvalue weighted by Crippen LogP contribution is 2.55. The van der Waals surface area contributed by atoms with Gasteiger partial charge in [-0.05, 0) is 99.7 Å². The molecule has 2 aromatic carbocycles. The van der Waals surface area contributed by atoms with Crippen LogP contribution in [-0.2, 0) is 11.8 Å². The minimum Gasteiger partial charge on any atom is -0.341 e. The number of thioether (sulfide) groups is 1. The fourth-order valence-electron chi connectivity index (χ4n) is 6.12. The van der Waals surface area contributed by atoms with E-state index < -0.39 is 0 Å². The second kappa shape index (κ2) is 8.67. The summed E-state index contributed by atoms with van der Waals surface area (Å²) < 4.78 is 0. The first-order valence-electron chi connectivity index (χ1n) is 12.0. The van der Waals surface area contributed by atoms with Crippen LogP contribution in [0, 0.1) is 5.92 Å². The Balaban J connectivity index is 1.21. The maximum atomic E-state index is 4.70. The van der Waals surface area contributed by atoms with E-state index >= 15 is 0 Å². The van der Waals surface area contributed by atoms with Gasteiger partial charge in [0.2, 0.25) is 0 Å². The summed E-state index contributed by atoms with van der Waals surface area (Å²) in [7, 11) is 0. The number of allylic oxidation sites excluding steroid dienone is 1. The first-order valence-corrected chi connectivity index (χ1v) is 13.3. The zero-order chi connectivity index (χ0) is 21.4. The summed E-state index contributed by atoms with van der Waals surface area (Å²) in [4.78, 5) is 6.67. The molecule has 3 heteroatoms. The normalized spacial score (nSPS) is 25.0. The lowest BCUT2D eigenvalue weighted by atomic mass is 9.72. The molecule has 2 heterocycles. The Hall–Kier alpha value is -1.71. The highest BCUT2D eigenvalue weighted by atomic mass is 32.2. The summed E-state index contributed by atoms with van der Waals surface area (Å²) in [6.45, 7) is 10.7. The van der Waals surface area contributed by atoms with Crippen molar-refractivity contribution < 1.29 is 0 Å². The second-order valence-electron chi connectivity index (χ2n) is 9.94. The molecule has 0 atom stereocenters. The van der Waals surface area contributed by atoms with Gasteiger partial charge in [0.1, 0.15) is 0 Å². The van der Waals surface area contributed by atoms with E-state index in [1.165, 1.54) is 80.0 Å². The van der Waals surface area contributed by atoms with Gasteiger partial charge in [-0.3, -0.25) is 0 Å². The van der Waals surface area contributed by atoms with Crippen LogP contribution in [-0.4, -0.2) is 36.8 Å². The molecule has 1 aliphatic carbocycles. The number of hydrogen-bond acceptors (Lipinski definition) is 3. The number of likely N-dealkylation sites (tertiary alicyclic amines) is 1. The van der Waals surface area contributed by atoms with Crippen LogP contribution in [0.25, 0.3) is 0 Å². The first-order chi connectivity index (χ1) is 15.1. The molecule has 0 amide bonds. The van der Waals surface area contributed by atoms with Gasteiger partial charge in [0, 0.05) is 27.7 Å². The van der Waals surface area contributed by atoms with Crippen molar-refractivity contribution in [3.8, 4) is 0 Å². The number of nitrogens with zero attached hydrogens (tertiary/aromatic N) is 2. The van der Waals surface area contributed by atoms with E-state index in [2.05, 4.69) is 71.5 Å². The maximum absolute atomic E-state index is 4.70. The zero-order valence-electron chi connectivity index (χ0n) is 19.1. The number of rotatable bonds is 6. The van der Waals surface area contributed by atoms with Crippen molar-refractivity contribution in [1.82, 2.24) is 4.90 Å². The largest absolute Gasteiger partial charge is 0.341 e. The fourth-order valence-corrected chi connectivity index (χ4v) is 6.53. The highest BCUT2D eigenvalue weighted by Gasteiger charge is 2.50. The van der Waals surface area contributed by atoms with Gasteiger partial charge >= 0.3 is 0 Å². The number of fused-ring (bicyclic) bond motifs is 2. The summed E-state index contributed by atoms with van der Waals surface area (Å²) in [5.74, 6) is 0.861. The van der Waals surface area contributed by atoms with Gasteiger partial charge in [-0.2, -0.15) is 0 Å². The van der Waals surface area contributed by atoms with Crippen LogP contribution < -0.4 is 4.90 Å². The van der Waals surface area contributed by atoms with E-state index in [1.54, 1.807) is 5.56 Å². The van der Waals surface area contributed by atoms with E-state index in [4.69, 9.17) is 6.58 Å². The first kappa shape index (κ1) is 21.2. The Kier molecular flexibility index (Phi) is 5.92. The minimum atomic E-state index is 0.166. The number of benzene rings is 2. The average molecular weight is 433 g/mol. The molecule has 0 unspecified atom stereocenters. The van der Waals surface area contributed by atoms with E-state index in [1.807, 2.05) is 11.8 Å². The second-order valence-corrected chi connectivity index (χ2v) is 10.8. The van der Waals surface area contributed by atoms with Crippen LogP contribution in [0.2, 0.25) is 0 Å². The van der Waals surface area contributed by atoms with Crippen molar-refractivity contribution in [2.75, 3.05) is 30.8 Å². The Morgan fingerprint density at radius 2 is 1.74 bits per heavy atom. The zero-order valence-corrected chi connectivity index (χ0v) is 20.0. The fraction of sp³-hybridized carbons (Fsp3) is 0.500. The molecule has 3 aliphatic rings. The molecule has 0 radical (unpaired) electrons. The smallest absolute Gasteiger partial charge is 0.0453 e. The third-order valence-electron chi connectivity index (χ3n) is 8.04. The molecule has 0 aromatic heterocycles. The number of para-hydroxylation sites is 1. The lowest BCUT2D eigenvalue weighted by Gasteiger charge is -2.45. The van der Waals surface area contributed by atoms with E-state index in [0.717, 1.165) is 5.92 Å². The van der Waals surface area contributed by atoms with Crippen LogP contribution in [0.3, 0.4) is 0 Å². The van der Waals surface area contributed by atoms with E-state index in [-0.39, 0.29) is 5.41 Å². The molecule has 2 fully saturated rings.